The van der Waals surface area contributed by atoms with Crippen molar-refractivity contribution in [3.63, 3.8) is 0 Å². The number of hydrogen-bond acceptors (Lipinski definition) is 4. The van der Waals surface area contributed by atoms with Crippen LogP contribution in [0.3, 0.4) is 0 Å². The highest BCUT2D eigenvalue weighted by Gasteiger charge is 2.34. The number of pyridine rings is 1. The highest BCUT2D eigenvalue weighted by molar-refractivity contribution is 5.93. The number of aromatic amines is 1. The van der Waals surface area contributed by atoms with Gasteiger partial charge in [-0.3, -0.25) is 5.10 Å². The highest BCUT2D eigenvalue weighted by Crippen LogP contribution is 2.31. The number of fused-ring (bicyclic) bond motifs is 3. The van der Waals surface area contributed by atoms with Crippen LogP contribution in [0.15, 0.2) is 42.6 Å². The Labute approximate surface area is 134 Å². The van der Waals surface area contributed by atoms with Gasteiger partial charge in [0, 0.05) is 30.2 Å². The van der Waals surface area contributed by atoms with Crippen molar-refractivity contribution in [2.24, 2.45) is 0 Å². The molecule has 0 amide bonds. The Morgan fingerprint density at radius 3 is 2.78 bits per heavy atom. The quantitative estimate of drug-likeness (QED) is 0.791. The summed E-state index contributed by atoms with van der Waals surface area (Å²) in [4.78, 5) is 6.93. The molecule has 5 heteroatoms. The van der Waals surface area contributed by atoms with Crippen molar-refractivity contribution in [3.8, 4) is 11.3 Å². The molecule has 5 nitrogen and oxygen atoms in total. The number of rotatable bonds is 2. The number of hydrogen-bond donors (Lipinski definition) is 1. The van der Waals surface area contributed by atoms with Crippen molar-refractivity contribution < 1.29 is 4.74 Å². The van der Waals surface area contributed by atoms with E-state index in [1.165, 1.54) is 12.8 Å². The number of morpholine rings is 1. The largest absolute Gasteiger partial charge is 0.371 e. The lowest BCUT2D eigenvalue weighted by Gasteiger charge is -2.33. The summed E-state index contributed by atoms with van der Waals surface area (Å²) in [6.07, 6.45) is 4.96. The summed E-state index contributed by atoms with van der Waals surface area (Å²) >= 11 is 0. The van der Waals surface area contributed by atoms with Gasteiger partial charge in [0.1, 0.15) is 11.5 Å². The fourth-order valence-electron chi connectivity index (χ4n) is 3.72. The average Bonchev–Trinajstić information content (AvgIpc) is 3.18. The van der Waals surface area contributed by atoms with Gasteiger partial charge in [0.15, 0.2) is 0 Å². The monoisotopic (exact) mass is 306 g/mol. The second-order valence-electron chi connectivity index (χ2n) is 6.38. The fourth-order valence-corrected chi connectivity index (χ4v) is 3.72. The zero-order valence-electron chi connectivity index (χ0n) is 12.8. The van der Waals surface area contributed by atoms with Gasteiger partial charge < -0.3 is 9.64 Å². The second-order valence-corrected chi connectivity index (χ2v) is 6.38. The number of anilines is 1. The number of H-pyrrole nitrogens is 1. The molecule has 2 unspecified atom stereocenters. The number of nitrogens with zero attached hydrogens (tertiary/aromatic N) is 3. The maximum Gasteiger partial charge on any atom is 0.129 e. The normalized spacial score (nSPS) is 23.6. The molecule has 23 heavy (non-hydrogen) atoms. The van der Waals surface area contributed by atoms with E-state index >= 15 is 0 Å². The van der Waals surface area contributed by atoms with Crippen molar-refractivity contribution in [3.05, 3.63) is 42.6 Å². The summed E-state index contributed by atoms with van der Waals surface area (Å²) in [6.45, 7) is 1.88. The molecular formula is C18H18N4O. The van der Waals surface area contributed by atoms with E-state index in [9.17, 15) is 0 Å². The first-order valence-corrected chi connectivity index (χ1v) is 8.17. The minimum absolute atomic E-state index is 0.366. The number of nitrogens with one attached hydrogen (secondary N) is 1. The van der Waals surface area contributed by atoms with E-state index in [1.807, 2.05) is 30.5 Å². The minimum Gasteiger partial charge on any atom is -0.371 e. The molecule has 2 aromatic heterocycles. The smallest absolute Gasteiger partial charge is 0.129 e. The summed E-state index contributed by atoms with van der Waals surface area (Å²) < 4.78 is 5.92. The maximum absolute atomic E-state index is 5.92. The molecule has 0 saturated carbocycles. The average molecular weight is 306 g/mol. The predicted molar refractivity (Wildman–Crippen MR) is 89.4 cm³/mol. The lowest BCUT2D eigenvalue weighted by Crippen LogP contribution is -2.43. The van der Waals surface area contributed by atoms with Crippen molar-refractivity contribution in [2.45, 2.75) is 25.0 Å². The molecule has 2 aliphatic heterocycles. The Kier molecular flexibility index (Phi) is 2.88. The molecule has 0 radical (unpaired) electrons. The van der Waals surface area contributed by atoms with Crippen molar-refractivity contribution >= 4 is 16.7 Å². The first kappa shape index (κ1) is 13.1. The van der Waals surface area contributed by atoms with Crippen molar-refractivity contribution in [2.75, 3.05) is 18.0 Å². The molecular weight excluding hydrogens is 288 g/mol. The summed E-state index contributed by atoms with van der Waals surface area (Å²) in [6, 6.07) is 12.4. The van der Waals surface area contributed by atoms with E-state index in [4.69, 9.17) is 4.74 Å². The van der Waals surface area contributed by atoms with Crippen LogP contribution < -0.4 is 4.90 Å². The SMILES string of the molecule is c1ccc2c(-c3ccnc(N4CC5CCC(C4)O5)c3)n[nH]c2c1. The van der Waals surface area contributed by atoms with Crippen LogP contribution in [0, 0.1) is 0 Å². The van der Waals surface area contributed by atoms with E-state index in [2.05, 4.69) is 32.2 Å². The predicted octanol–water partition coefficient (Wildman–Crippen LogP) is 2.99. The topological polar surface area (TPSA) is 54.0 Å². The molecule has 0 spiro atoms. The third kappa shape index (κ3) is 2.19. The Hall–Kier alpha value is -2.40. The van der Waals surface area contributed by atoms with Crippen LogP contribution in [-0.2, 0) is 4.74 Å². The zero-order valence-corrected chi connectivity index (χ0v) is 12.8. The molecule has 3 aromatic rings. The van der Waals surface area contributed by atoms with Crippen LogP contribution in [0.4, 0.5) is 5.82 Å². The zero-order chi connectivity index (χ0) is 15.2. The van der Waals surface area contributed by atoms with E-state index in [-0.39, 0.29) is 0 Å². The second kappa shape index (κ2) is 5.06. The van der Waals surface area contributed by atoms with Gasteiger partial charge in [-0.15, -0.1) is 0 Å². The molecule has 2 atom stereocenters. The molecule has 116 valence electrons. The summed E-state index contributed by atoms with van der Waals surface area (Å²) in [5.74, 6) is 1.02. The first-order valence-electron chi connectivity index (χ1n) is 8.17. The fraction of sp³-hybridized carbons (Fsp3) is 0.333. The Balaban J connectivity index is 1.53. The van der Waals surface area contributed by atoms with Gasteiger partial charge in [-0.25, -0.2) is 4.98 Å². The third-order valence-corrected chi connectivity index (χ3v) is 4.86. The first-order chi connectivity index (χ1) is 11.4. The van der Waals surface area contributed by atoms with Crippen molar-refractivity contribution in [1.82, 2.24) is 15.2 Å². The molecule has 2 fully saturated rings. The van der Waals surface area contributed by atoms with Crippen LogP contribution in [0.5, 0.6) is 0 Å². The lowest BCUT2D eigenvalue weighted by atomic mass is 10.1. The van der Waals surface area contributed by atoms with E-state index in [0.29, 0.717) is 12.2 Å². The Morgan fingerprint density at radius 2 is 1.91 bits per heavy atom. The van der Waals surface area contributed by atoms with Gasteiger partial charge in [-0.1, -0.05) is 18.2 Å². The molecule has 2 aliphatic rings. The molecule has 0 aliphatic carbocycles. The molecule has 1 N–H and O–H groups in total. The van der Waals surface area contributed by atoms with Gasteiger partial charge >= 0.3 is 0 Å². The molecule has 2 bridgehead atoms. The van der Waals surface area contributed by atoms with E-state index < -0.39 is 0 Å². The van der Waals surface area contributed by atoms with Gasteiger partial charge in [0.25, 0.3) is 0 Å². The number of aromatic nitrogens is 3. The van der Waals surface area contributed by atoms with Crippen LogP contribution in [-0.4, -0.2) is 40.5 Å². The lowest BCUT2D eigenvalue weighted by molar-refractivity contribution is 0.0302. The maximum atomic E-state index is 5.92. The van der Waals surface area contributed by atoms with Crippen LogP contribution in [0.2, 0.25) is 0 Å². The van der Waals surface area contributed by atoms with E-state index in [0.717, 1.165) is 41.1 Å². The Morgan fingerprint density at radius 1 is 1.09 bits per heavy atom. The van der Waals surface area contributed by atoms with Gasteiger partial charge in [0.2, 0.25) is 0 Å². The minimum atomic E-state index is 0.366. The van der Waals surface area contributed by atoms with Crippen LogP contribution in [0.1, 0.15) is 12.8 Å². The molecule has 2 saturated heterocycles. The van der Waals surface area contributed by atoms with E-state index in [1.54, 1.807) is 0 Å². The van der Waals surface area contributed by atoms with Crippen molar-refractivity contribution in [1.29, 1.82) is 0 Å². The van der Waals surface area contributed by atoms with Crippen LogP contribution in [0.25, 0.3) is 22.2 Å². The third-order valence-electron chi connectivity index (χ3n) is 4.86. The summed E-state index contributed by atoms with van der Waals surface area (Å²) in [5.41, 5.74) is 3.15. The standard InChI is InChI=1S/C18H18N4O/c1-2-4-16-15(3-1)18(21-20-16)12-7-8-19-17(9-12)22-10-13-5-6-14(11-22)23-13/h1-4,7-9,13-14H,5-6,10-11H2,(H,20,21). The number of ether oxygens (including phenoxy) is 1. The molecule has 4 heterocycles. The summed E-state index contributed by atoms with van der Waals surface area (Å²) in [5, 5.41) is 8.75. The summed E-state index contributed by atoms with van der Waals surface area (Å²) in [7, 11) is 0. The molecule has 5 rings (SSSR count). The van der Waals surface area contributed by atoms with Gasteiger partial charge in [-0.2, -0.15) is 5.10 Å². The van der Waals surface area contributed by atoms with Gasteiger partial charge in [0.05, 0.1) is 17.7 Å². The molecule has 1 aromatic carbocycles. The van der Waals surface area contributed by atoms with Crippen LogP contribution >= 0.6 is 0 Å². The number of benzene rings is 1. The Bertz CT molecular complexity index is 847. The number of para-hydroxylation sites is 1. The highest BCUT2D eigenvalue weighted by atomic mass is 16.5. The van der Waals surface area contributed by atoms with Gasteiger partial charge in [-0.05, 0) is 31.0 Å².